The first-order chi connectivity index (χ1) is 5.77. The van der Waals surface area contributed by atoms with Gasteiger partial charge in [0.2, 0.25) is 0 Å². The lowest BCUT2D eigenvalue weighted by atomic mass is 10.2. The molecule has 0 amide bonds. The number of hydrogen-bond acceptors (Lipinski definition) is 2. The van der Waals surface area contributed by atoms with Crippen molar-refractivity contribution in [1.82, 2.24) is 15.1 Å². The highest BCUT2D eigenvalue weighted by Gasteiger charge is 2.20. The second-order valence-corrected chi connectivity index (χ2v) is 2.87. The molecule has 1 saturated heterocycles. The fourth-order valence-electron chi connectivity index (χ4n) is 1.13. The Kier molecular flexibility index (Phi) is 3.22. The van der Waals surface area contributed by atoms with E-state index in [9.17, 15) is 8.78 Å². The van der Waals surface area contributed by atoms with Crippen molar-refractivity contribution in [1.29, 1.82) is 0 Å². The van der Waals surface area contributed by atoms with Gasteiger partial charge in [-0.25, -0.2) is 8.78 Å². The molecule has 13 heavy (non-hydrogen) atoms. The van der Waals surface area contributed by atoms with E-state index in [1.165, 1.54) is 12.4 Å². The molecule has 1 aliphatic rings. The van der Waals surface area contributed by atoms with E-state index in [-0.39, 0.29) is 24.0 Å². The summed E-state index contributed by atoms with van der Waals surface area (Å²) in [6, 6.07) is 0.262. The maximum atomic E-state index is 12.1. The molecular weight excluding hydrogens is 200 g/mol. The summed E-state index contributed by atoms with van der Waals surface area (Å²) < 4.78 is 25.8. The molecule has 0 bridgehead atoms. The van der Waals surface area contributed by atoms with E-state index in [4.69, 9.17) is 0 Å². The largest absolute Gasteiger partial charge is 0.312 e. The van der Waals surface area contributed by atoms with Crippen LogP contribution in [0.3, 0.4) is 0 Å². The Balaban J connectivity index is 0.000000845. The van der Waals surface area contributed by atoms with E-state index in [1.54, 1.807) is 4.68 Å². The van der Waals surface area contributed by atoms with Crippen LogP contribution < -0.4 is 5.32 Å². The predicted molar refractivity (Wildman–Crippen MR) is 46.3 cm³/mol. The van der Waals surface area contributed by atoms with E-state index in [0.29, 0.717) is 0 Å². The second kappa shape index (κ2) is 4.02. The van der Waals surface area contributed by atoms with Crippen LogP contribution in [0.2, 0.25) is 0 Å². The van der Waals surface area contributed by atoms with Crippen molar-refractivity contribution < 1.29 is 8.78 Å². The summed E-state index contributed by atoms with van der Waals surface area (Å²) in [6.07, 6.45) is 0.228. The Morgan fingerprint density at radius 3 is 2.62 bits per heavy atom. The zero-order valence-electron chi connectivity index (χ0n) is 6.78. The van der Waals surface area contributed by atoms with Crippen LogP contribution in [0.5, 0.6) is 0 Å². The lowest BCUT2D eigenvalue weighted by Crippen LogP contribution is -2.43. The van der Waals surface area contributed by atoms with Crippen LogP contribution in [0.25, 0.3) is 0 Å². The first-order valence-electron chi connectivity index (χ1n) is 3.80. The molecule has 1 aromatic rings. The number of aromatic nitrogens is 2. The van der Waals surface area contributed by atoms with Crippen molar-refractivity contribution >= 4 is 12.4 Å². The predicted octanol–water partition coefficient (Wildman–Crippen LogP) is 1.39. The van der Waals surface area contributed by atoms with Gasteiger partial charge in [0.25, 0.3) is 6.43 Å². The van der Waals surface area contributed by atoms with Crippen LogP contribution in [0.1, 0.15) is 18.0 Å². The van der Waals surface area contributed by atoms with Crippen LogP contribution in [0.4, 0.5) is 8.78 Å². The number of hydrogen-bond donors (Lipinski definition) is 1. The van der Waals surface area contributed by atoms with Gasteiger partial charge < -0.3 is 5.32 Å². The van der Waals surface area contributed by atoms with Crippen molar-refractivity contribution in [2.75, 3.05) is 13.1 Å². The van der Waals surface area contributed by atoms with E-state index in [0.717, 1.165) is 13.1 Å². The van der Waals surface area contributed by atoms with Gasteiger partial charge in [-0.3, -0.25) is 4.68 Å². The van der Waals surface area contributed by atoms with Crippen LogP contribution in [0.15, 0.2) is 12.4 Å². The Hall–Kier alpha value is -0.680. The van der Waals surface area contributed by atoms with E-state index in [1.807, 2.05) is 0 Å². The zero-order valence-corrected chi connectivity index (χ0v) is 7.60. The van der Waals surface area contributed by atoms with Gasteiger partial charge in [-0.2, -0.15) is 5.10 Å². The van der Waals surface area contributed by atoms with Crippen LogP contribution in [-0.2, 0) is 0 Å². The molecule has 0 atom stereocenters. The smallest absolute Gasteiger partial charge is 0.266 e. The molecule has 74 valence electrons. The summed E-state index contributed by atoms with van der Waals surface area (Å²) in [4.78, 5) is 0. The number of nitrogens with one attached hydrogen (secondary N) is 1. The lowest BCUT2D eigenvalue weighted by Gasteiger charge is -2.27. The van der Waals surface area contributed by atoms with Crippen LogP contribution >= 0.6 is 12.4 Å². The van der Waals surface area contributed by atoms with Gasteiger partial charge in [-0.15, -0.1) is 12.4 Å². The highest BCUT2D eigenvalue weighted by Crippen LogP contribution is 2.19. The summed E-state index contributed by atoms with van der Waals surface area (Å²) in [7, 11) is 0. The Labute approximate surface area is 80.5 Å². The first kappa shape index (κ1) is 10.4. The zero-order chi connectivity index (χ0) is 8.55. The third-order valence-electron chi connectivity index (χ3n) is 2.01. The van der Waals surface area contributed by atoms with Gasteiger partial charge in [-0.05, 0) is 0 Å². The van der Waals surface area contributed by atoms with E-state index in [2.05, 4.69) is 10.4 Å². The summed E-state index contributed by atoms with van der Waals surface area (Å²) in [5.41, 5.74) is 0.00176. The quantitative estimate of drug-likeness (QED) is 0.798. The number of alkyl halides is 2. The summed E-state index contributed by atoms with van der Waals surface area (Å²) >= 11 is 0. The van der Waals surface area contributed by atoms with Crippen molar-refractivity contribution in [3.05, 3.63) is 18.0 Å². The van der Waals surface area contributed by atoms with Gasteiger partial charge in [-0.1, -0.05) is 0 Å². The van der Waals surface area contributed by atoms with Crippen molar-refractivity contribution in [3.63, 3.8) is 0 Å². The SMILES string of the molecule is Cl.FC(F)c1cnn(C2CNC2)c1. The topological polar surface area (TPSA) is 29.9 Å². The molecule has 0 saturated carbocycles. The molecule has 0 aromatic carbocycles. The Bertz CT molecular complexity index is 272. The van der Waals surface area contributed by atoms with Gasteiger partial charge in [0.05, 0.1) is 17.8 Å². The molecular formula is C7H10ClF2N3. The molecule has 2 rings (SSSR count). The molecule has 1 aliphatic heterocycles. The minimum Gasteiger partial charge on any atom is -0.312 e. The Morgan fingerprint density at radius 2 is 2.23 bits per heavy atom. The number of halogens is 3. The minimum absolute atomic E-state index is 0. The fraction of sp³-hybridized carbons (Fsp3) is 0.571. The van der Waals surface area contributed by atoms with Crippen molar-refractivity contribution in [2.45, 2.75) is 12.5 Å². The molecule has 1 N–H and O–H groups in total. The highest BCUT2D eigenvalue weighted by atomic mass is 35.5. The van der Waals surface area contributed by atoms with Gasteiger partial charge in [0.1, 0.15) is 0 Å². The van der Waals surface area contributed by atoms with E-state index >= 15 is 0 Å². The molecule has 6 heteroatoms. The van der Waals surface area contributed by atoms with Crippen LogP contribution in [0, 0.1) is 0 Å². The number of rotatable bonds is 2. The maximum absolute atomic E-state index is 12.1. The van der Waals surface area contributed by atoms with Crippen molar-refractivity contribution in [2.24, 2.45) is 0 Å². The Morgan fingerprint density at radius 1 is 1.54 bits per heavy atom. The molecule has 1 aromatic heterocycles. The van der Waals surface area contributed by atoms with Gasteiger partial charge in [0.15, 0.2) is 0 Å². The van der Waals surface area contributed by atoms with E-state index < -0.39 is 6.43 Å². The average Bonchev–Trinajstić information content (AvgIpc) is 2.32. The third-order valence-corrected chi connectivity index (χ3v) is 2.01. The van der Waals surface area contributed by atoms with Gasteiger partial charge >= 0.3 is 0 Å². The first-order valence-corrected chi connectivity index (χ1v) is 3.80. The third kappa shape index (κ3) is 1.97. The molecule has 0 spiro atoms. The average molecular weight is 210 g/mol. The highest BCUT2D eigenvalue weighted by molar-refractivity contribution is 5.85. The van der Waals surface area contributed by atoms with Crippen LogP contribution in [-0.4, -0.2) is 22.9 Å². The molecule has 0 unspecified atom stereocenters. The normalized spacial score (nSPS) is 16.8. The summed E-state index contributed by atoms with van der Waals surface area (Å²) in [6.45, 7) is 1.65. The monoisotopic (exact) mass is 209 g/mol. The summed E-state index contributed by atoms with van der Waals surface area (Å²) in [5.74, 6) is 0. The molecule has 2 heterocycles. The number of nitrogens with zero attached hydrogens (tertiary/aromatic N) is 2. The molecule has 0 radical (unpaired) electrons. The minimum atomic E-state index is -2.41. The standard InChI is InChI=1S/C7H9F2N3.ClH/c8-7(9)5-1-11-12(4-5)6-2-10-3-6;/h1,4,6-7,10H,2-3H2;1H. The van der Waals surface area contributed by atoms with Gasteiger partial charge in [0, 0.05) is 19.3 Å². The second-order valence-electron chi connectivity index (χ2n) is 2.87. The molecule has 0 aliphatic carbocycles. The molecule has 1 fully saturated rings. The maximum Gasteiger partial charge on any atom is 0.266 e. The lowest BCUT2D eigenvalue weighted by molar-refractivity contribution is 0.151. The van der Waals surface area contributed by atoms with Crippen molar-refractivity contribution in [3.8, 4) is 0 Å². The fourth-order valence-corrected chi connectivity index (χ4v) is 1.13. The molecule has 3 nitrogen and oxygen atoms in total. The summed E-state index contributed by atoms with van der Waals surface area (Å²) in [5, 5.41) is 6.91.